The van der Waals surface area contributed by atoms with Gasteiger partial charge in [-0.05, 0) is 73.1 Å². The van der Waals surface area contributed by atoms with Crippen molar-refractivity contribution in [2.45, 2.75) is 19.4 Å². The number of hydrogen-bond donors (Lipinski definition) is 1. The summed E-state index contributed by atoms with van der Waals surface area (Å²) < 4.78 is 16.6. The van der Waals surface area contributed by atoms with Crippen molar-refractivity contribution in [3.8, 4) is 23.0 Å². The minimum absolute atomic E-state index is 0.00461. The van der Waals surface area contributed by atoms with Crippen LogP contribution >= 0.6 is 0 Å². The lowest BCUT2D eigenvalue weighted by atomic mass is 9.88. The molecule has 0 atom stereocenters. The molecule has 0 aromatic heterocycles. The number of methoxy groups -OCH3 is 1. The van der Waals surface area contributed by atoms with E-state index in [4.69, 9.17) is 14.2 Å². The van der Waals surface area contributed by atoms with E-state index in [1.54, 1.807) is 13.2 Å². The van der Waals surface area contributed by atoms with Crippen LogP contribution in [0.2, 0.25) is 0 Å². The first-order valence-corrected chi connectivity index (χ1v) is 11.1. The first kappa shape index (κ1) is 20.6. The van der Waals surface area contributed by atoms with Crippen LogP contribution in [0.4, 0.5) is 0 Å². The number of piperidine rings is 1. The number of carbonyl (C=O) groups is 1. The maximum atomic E-state index is 13.1. The smallest absolute Gasteiger partial charge is 0.166 e. The fraction of sp³-hybridized carbons (Fsp3) is 0.346. The monoisotopic (exact) mass is 433 g/mol. The van der Waals surface area contributed by atoms with Gasteiger partial charge >= 0.3 is 0 Å². The van der Waals surface area contributed by atoms with Gasteiger partial charge in [-0.1, -0.05) is 12.1 Å². The largest absolute Gasteiger partial charge is 0.508 e. The van der Waals surface area contributed by atoms with Crippen LogP contribution in [0.15, 0.2) is 48.5 Å². The summed E-state index contributed by atoms with van der Waals surface area (Å²) in [5.74, 6) is 2.58. The molecule has 6 nitrogen and oxygen atoms in total. The number of carbonyl (C=O) groups excluding carboxylic acids is 1. The Balaban J connectivity index is 1.27. The highest BCUT2D eigenvalue weighted by atomic mass is 16.6. The molecule has 0 radical (unpaired) electrons. The van der Waals surface area contributed by atoms with Crippen molar-refractivity contribution in [1.29, 1.82) is 0 Å². The van der Waals surface area contributed by atoms with Crippen LogP contribution < -0.4 is 14.2 Å². The van der Waals surface area contributed by atoms with Crippen molar-refractivity contribution in [2.75, 3.05) is 33.4 Å². The van der Waals surface area contributed by atoms with E-state index in [1.165, 1.54) is 0 Å². The van der Waals surface area contributed by atoms with E-state index in [9.17, 15) is 9.90 Å². The first-order valence-electron chi connectivity index (χ1n) is 11.1. The van der Waals surface area contributed by atoms with Crippen LogP contribution in [0.5, 0.6) is 23.0 Å². The molecular weight excluding hydrogens is 406 g/mol. The van der Waals surface area contributed by atoms with Gasteiger partial charge in [-0.3, -0.25) is 9.69 Å². The summed E-state index contributed by atoms with van der Waals surface area (Å²) in [5, 5.41) is 12.6. The van der Waals surface area contributed by atoms with Gasteiger partial charge in [-0.25, -0.2) is 0 Å². The average molecular weight is 434 g/mol. The molecule has 0 saturated carbocycles. The van der Waals surface area contributed by atoms with E-state index in [0.717, 1.165) is 48.0 Å². The summed E-state index contributed by atoms with van der Waals surface area (Å²) in [5.41, 5.74) is 1.59. The molecule has 3 aromatic carbocycles. The van der Waals surface area contributed by atoms with Gasteiger partial charge in [0.05, 0.1) is 7.11 Å². The Kier molecular flexibility index (Phi) is 5.62. The Labute approximate surface area is 187 Å². The Hall–Kier alpha value is -3.25. The van der Waals surface area contributed by atoms with Crippen molar-refractivity contribution >= 4 is 16.6 Å². The zero-order valence-corrected chi connectivity index (χ0v) is 18.2. The third-order valence-electron chi connectivity index (χ3n) is 6.48. The normalized spacial score (nSPS) is 16.8. The topological polar surface area (TPSA) is 68.2 Å². The molecule has 2 aliphatic rings. The molecule has 6 heteroatoms. The third kappa shape index (κ3) is 3.98. The van der Waals surface area contributed by atoms with Crippen LogP contribution in [-0.4, -0.2) is 49.2 Å². The van der Waals surface area contributed by atoms with Crippen LogP contribution in [-0.2, 0) is 6.54 Å². The first-order chi connectivity index (χ1) is 15.6. The second-order valence-corrected chi connectivity index (χ2v) is 8.42. The van der Waals surface area contributed by atoms with Gasteiger partial charge in [0.25, 0.3) is 0 Å². The Morgan fingerprint density at radius 1 is 1.03 bits per heavy atom. The second-order valence-electron chi connectivity index (χ2n) is 8.42. The standard InChI is InChI=1S/C26H27NO5/c1-30-20-5-2-17-3-6-23(28)22(21(17)15-20)16-27-10-8-18(9-11-27)26(29)19-4-7-24-25(14-19)32-13-12-31-24/h2-7,14-15,18,28H,8-13,16H2,1H3. The Bertz CT molecular complexity index is 1150. The number of Topliss-reactive ketones (excluding diaryl/α,β-unsaturated/α-hetero) is 1. The van der Waals surface area contributed by atoms with Crippen molar-refractivity contribution < 1.29 is 24.1 Å². The van der Waals surface area contributed by atoms with Crippen LogP contribution in [0, 0.1) is 5.92 Å². The van der Waals surface area contributed by atoms with E-state index < -0.39 is 0 Å². The number of ketones is 1. The number of likely N-dealkylation sites (tertiary alicyclic amines) is 1. The van der Waals surface area contributed by atoms with Gasteiger partial charge in [0, 0.05) is 23.6 Å². The highest BCUT2D eigenvalue weighted by Crippen LogP contribution is 2.34. The number of fused-ring (bicyclic) bond motifs is 2. The predicted molar refractivity (Wildman–Crippen MR) is 122 cm³/mol. The maximum absolute atomic E-state index is 13.1. The molecule has 0 unspecified atom stereocenters. The van der Waals surface area contributed by atoms with Crippen molar-refractivity contribution in [1.82, 2.24) is 4.90 Å². The fourth-order valence-corrected chi connectivity index (χ4v) is 4.65. The zero-order valence-electron chi connectivity index (χ0n) is 18.2. The predicted octanol–water partition coefficient (Wildman–Crippen LogP) is 4.42. The molecule has 5 rings (SSSR count). The molecule has 1 saturated heterocycles. The molecular formula is C26H27NO5. The van der Waals surface area contributed by atoms with E-state index in [0.29, 0.717) is 42.6 Å². The van der Waals surface area contributed by atoms with Gasteiger partial charge in [-0.15, -0.1) is 0 Å². The Morgan fingerprint density at radius 2 is 1.78 bits per heavy atom. The van der Waals surface area contributed by atoms with Crippen LogP contribution in [0.1, 0.15) is 28.8 Å². The van der Waals surface area contributed by atoms with E-state index in [1.807, 2.05) is 42.5 Å². The highest BCUT2D eigenvalue weighted by molar-refractivity contribution is 5.98. The molecule has 1 fully saturated rings. The molecule has 0 spiro atoms. The second kappa shape index (κ2) is 8.71. The van der Waals surface area contributed by atoms with Gasteiger partial charge < -0.3 is 19.3 Å². The lowest BCUT2D eigenvalue weighted by Crippen LogP contribution is -2.36. The summed E-state index contributed by atoms with van der Waals surface area (Å²) in [6.07, 6.45) is 1.59. The summed E-state index contributed by atoms with van der Waals surface area (Å²) >= 11 is 0. The number of phenols is 1. The molecule has 3 aromatic rings. The SMILES string of the molecule is COc1ccc2ccc(O)c(CN3CCC(C(=O)c4ccc5c(c4)OCCO5)CC3)c2c1. The molecule has 32 heavy (non-hydrogen) atoms. The minimum atomic E-state index is -0.00461. The number of phenolic OH excluding ortho intramolecular Hbond substituents is 1. The average Bonchev–Trinajstić information content (AvgIpc) is 2.85. The van der Waals surface area contributed by atoms with E-state index in [-0.39, 0.29) is 11.7 Å². The third-order valence-corrected chi connectivity index (χ3v) is 6.48. The lowest BCUT2D eigenvalue weighted by Gasteiger charge is -2.32. The number of rotatable bonds is 5. The number of ether oxygens (including phenoxy) is 3. The number of aromatic hydroxyl groups is 1. The molecule has 0 amide bonds. The van der Waals surface area contributed by atoms with Crippen LogP contribution in [0.25, 0.3) is 10.8 Å². The van der Waals surface area contributed by atoms with Gasteiger partial charge in [-0.2, -0.15) is 0 Å². The van der Waals surface area contributed by atoms with E-state index in [2.05, 4.69) is 4.90 Å². The number of benzene rings is 3. The molecule has 1 N–H and O–H groups in total. The highest BCUT2D eigenvalue weighted by Gasteiger charge is 2.27. The summed E-state index contributed by atoms with van der Waals surface area (Å²) in [7, 11) is 1.65. The molecule has 2 aliphatic heterocycles. The minimum Gasteiger partial charge on any atom is -0.508 e. The zero-order chi connectivity index (χ0) is 22.1. The molecule has 0 bridgehead atoms. The maximum Gasteiger partial charge on any atom is 0.166 e. The quantitative estimate of drug-likeness (QED) is 0.601. The van der Waals surface area contributed by atoms with Gasteiger partial charge in [0.2, 0.25) is 0 Å². The van der Waals surface area contributed by atoms with Crippen LogP contribution in [0.3, 0.4) is 0 Å². The summed E-state index contributed by atoms with van der Waals surface area (Å²) in [6, 6.07) is 15.1. The summed E-state index contributed by atoms with van der Waals surface area (Å²) in [6.45, 7) is 3.30. The van der Waals surface area contributed by atoms with Crippen molar-refractivity contribution in [3.05, 3.63) is 59.7 Å². The van der Waals surface area contributed by atoms with Crippen molar-refractivity contribution in [3.63, 3.8) is 0 Å². The number of hydrogen-bond acceptors (Lipinski definition) is 6. The summed E-state index contributed by atoms with van der Waals surface area (Å²) in [4.78, 5) is 15.4. The van der Waals surface area contributed by atoms with Gasteiger partial charge in [0.1, 0.15) is 24.7 Å². The lowest BCUT2D eigenvalue weighted by molar-refractivity contribution is 0.0833. The van der Waals surface area contributed by atoms with Crippen molar-refractivity contribution in [2.24, 2.45) is 5.92 Å². The molecule has 2 heterocycles. The van der Waals surface area contributed by atoms with E-state index >= 15 is 0 Å². The molecule has 166 valence electrons. The van der Waals surface area contributed by atoms with Gasteiger partial charge in [0.15, 0.2) is 17.3 Å². The Morgan fingerprint density at radius 3 is 2.56 bits per heavy atom. The fourth-order valence-electron chi connectivity index (χ4n) is 4.65. The molecule has 0 aliphatic carbocycles. The number of nitrogens with zero attached hydrogens (tertiary/aromatic N) is 1.